The van der Waals surface area contributed by atoms with E-state index < -0.39 is 0 Å². The van der Waals surface area contributed by atoms with Gasteiger partial charge in [0, 0.05) is 38.8 Å². The van der Waals surface area contributed by atoms with Crippen LogP contribution in [0.3, 0.4) is 0 Å². The maximum absolute atomic E-state index is 5.74. The average molecular weight is 375 g/mol. The van der Waals surface area contributed by atoms with Crippen LogP contribution in [-0.2, 0) is 11.3 Å². The summed E-state index contributed by atoms with van der Waals surface area (Å²) in [5.41, 5.74) is 1.24. The van der Waals surface area contributed by atoms with Crippen molar-refractivity contribution in [1.29, 1.82) is 0 Å². The van der Waals surface area contributed by atoms with E-state index in [0.717, 1.165) is 38.5 Å². The zero-order valence-corrected chi connectivity index (χ0v) is 17.3. The molecule has 0 amide bonds. The van der Waals surface area contributed by atoms with Gasteiger partial charge in [-0.3, -0.25) is 4.99 Å². The van der Waals surface area contributed by atoms with E-state index in [2.05, 4.69) is 53.6 Å². The molecule has 0 spiro atoms. The van der Waals surface area contributed by atoms with Gasteiger partial charge in [-0.05, 0) is 51.1 Å². The minimum Gasteiger partial charge on any atom is -0.377 e. The lowest BCUT2D eigenvalue weighted by molar-refractivity contribution is 0.117. The molecule has 2 N–H and O–H groups in total. The summed E-state index contributed by atoms with van der Waals surface area (Å²) in [6.07, 6.45) is 5.76. The Labute approximate surface area is 165 Å². The highest BCUT2D eigenvalue weighted by Crippen LogP contribution is 2.10. The Bertz CT molecular complexity index is 512. The summed E-state index contributed by atoms with van der Waals surface area (Å²) in [5, 5.41) is 7.01. The summed E-state index contributed by atoms with van der Waals surface area (Å²) in [6, 6.07) is 10.9. The summed E-state index contributed by atoms with van der Waals surface area (Å²) in [5.74, 6) is 0.969. The molecule has 1 aliphatic heterocycles. The van der Waals surface area contributed by atoms with Crippen molar-refractivity contribution in [3.63, 3.8) is 0 Å². The Morgan fingerprint density at radius 2 is 1.93 bits per heavy atom. The molecular weight excluding hydrogens is 336 g/mol. The molecule has 1 heterocycles. The lowest BCUT2D eigenvalue weighted by Gasteiger charge is -2.32. The molecule has 0 aliphatic carbocycles. The van der Waals surface area contributed by atoms with Crippen molar-refractivity contribution < 1.29 is 4.74 Å². The van der Waals surface area contributed by atoms with Gasteiger partial charge in [0.2, 0.25) is 0 Å². The zero-order chi connectivity index (χ0) is 19.2. The molecule has 152 valence electrons. The van der Waals surface area contributed by atoms with Crippen molar-refractivity contribution in [3.8, 4) is 0 Å². The van der Waals surface area contributed by atoms with Gasteiger partial charge in [-0.15, -0.1) is 0 Å². The lowest BCUT2D eigenvalue weighted by Crippen LogP contribution is -2.48. The van der Waals surface area contributed by atoms with E-state index in [0.29, 0.717) is 12.6 Å². The second kappa shape index (κ2) is 13.6. The van der Waals surface area contributed by atoms with Crippen molar-refractivity contribution in [2.45, 2.75) is 58.6 Å². The van der Waals surface area contributed by atoms with Crippen LogP contribution in [0.15, 0.2) is 35.3 Å². The highest BCUT2D eigenvalue weighted by Gasteiger charge is 2.19. The van der Waals surface area contributed by atoms with Gasteiger partial charge in [-0.25, -0.2) is 0 Å². The second-order valence-electron chi connectivity index (χ2n) is 7.27. The fourth-order valence-corrected chi connectivity index (χ4v) is 3.40. The number of likely N-dealkylation sites (tertiary alicyclic amines) is 1. The minimum absolute atomic E-state index is 0.546. The number of hydrogen-bond donors (Lipinski definition) is 2. The summed E-state index contributed by atoms with van der Waals surface area (Å²) >= 11 is 0. The van der Waals surface area contributed by atoms with E-state index in [4.69, 9.17) is 9.73 Å². The third kappa shape index (κ3) is 9.25. The number of unbranched alkanes of at least 4 members (excludes halogenated alkanes) is 1. The molecule has 1 saturated heterocycles. The topological polar surface area (TPSA) is 48.9 Å². The van der Waals surface area contributed by atoms with Crippen molar-refractivity contribution in [3.05, 3.63) is 35.9 Å². The SMILES string of the molecule is CCCN1CCC(NC(=NCCCCOCc2ccccc2)NCC)CC1. The molecule has 0 atom stereocenters. The molecule has 1 fully saturated rings. The number of guanidine groups is 1. The number of rotatable bonds is 11. The fourth-order valence-electron chi connectivity index (χ4n) is 3.40. The van der Waals surface area contributed by atoms with Gasteiger partial charge < -0.3 is 20.3 Å². The number of ether oxygens (including phenoxy) is 1. The first-order valence-corrected chi connectivity index (χ1v) is 10.7. The van der Waals surface area contributed by atoms with Crippen LogP contribution in [0.2, 0.25) is 0 Å². The van der Waals surface area contributed by atoms with Gasteiger partial charge in [-0.2, -0.15) is 0 Å². The van der Waals surface area contributed by atoms with Crippen LogP contribution < -0.4 is 10.6 Å². The number of aliphatic imine (C=N–C) groups is 1. The van der Waals surface area contributed by atoms with Crippen molar-refractivity contribution in [2.24, 2.45) is 4.99 Å². The molecule has 1 aromatic carbocycles. The van der Waals surface area contributed by atoms with E-state index in [-0.39, 0.29) is 0 Å². The summed E-state index contributed by atoms with van der Waals surface area (Å²) < 4.78 is 5.74. The Hall–Kier alpha value is -1.59. The normalized spacial score (nSPS) is 16.4. The molecule has 27 heavy (non-hydrogen) atoms. The molecule has 0 radical (unpaired) electrons. The fraction of sp³-hybridized carbons (Fsp3) is 0.682. The van der Waals surface area contributed by atoms with Gasteiger partial charge in [-0.1, -0.05) is 37.3 Å². The first-order chi connectivity index (χ1) is 13.3. The van der Waals surface area contributed by atoms with Gasteiger partial charge in [0.15, 0.2) is 5.96 Å². The molecule has 2 rings (SSSR count). The molecule has 0 saturated carbocycles. The van der Waals surface area contributed by atoms with Gasteiger partial charge in [0.1, 0.15) is 0 Å². The van der Waals surface area contributed by atoms with E-state index in [1.165, 1.54) is 44.5 Å². The molecule has 5 nitrogen and oxygen atoms in total. The van der Waals surface area contributed by atoms with Gasteiger partial charge in [0.05, 0.1) is 6.61 Å². The van der Waals surface area contributed by atoms with Gasteiger partial charge >= 0.3 is 0 Å². The van der Waals surface area contributed by atoms with Crippen LogP contribution in [0.5, 0.6) is 0 Å². The maximum atomic E-state index is 5.74. The van der Waals surface area contributed by atoms with Gasteiger partial charge in [0.25, 0.3) is 0 Å². The maximum Gasteiger partial charge on any atom is 0.191 e. The molecule has 1 aliphatic rings. The summed E-state index contributed by atoms with van der Waals surface area (Å²) in [6.45, 7) is 11.3. The van der Waals surface area contributed by atoms with Crippen LogP contribution in [0.25, 0.3) is 0 Å². The number of benzene rings is 1. The number of nitrogens with one attached hydrogen (secondary N) is 2. The zero-order valence-electron chi connectivity index (χ0n) is 17.3. The summed E-state index contributed by atoms with van der Waals surface area (Å²) in [4.78, 5) is 7.31. The van der Waals surface area contributed by atoms with Crippen LogP contribution in [0, 0.1) is 0 Å². The van der Waals surface area contributed by atoms with Crippen molar-refractivity contribution >= 4 is 5.96 Å². The third-order valence-corrected chi connectivity index (χ3v) is 4.89. The van der Waals surface area contributed by atoms with Crippen molar-refractivity contribution in [1.82, 2.24) is 15.5 Å². The summed E-state index contributed by atoms with van der Waals surface area (Å²) in [7, 11) is 0. The highest BCUT2D eigenvalue weighted by molar-refractivity contribution is 5.80. The standard InChI is InChI=1S/C22H38N4O/c1-3-15-26-16-12-21(13-17-26)25-22(23-4-2)24-14-8-9-18-27-19-20-10-6-5-7-11-20/h5-7,10-11,21H,3-4,8-9,12-19H2,1-2H3,(H2,23,24,25). The van der Waals surface area contributed by atoms with E-state index in [9.17, 15) is 0 Å². The smallest absolute Gasteiger partial charge is 0.191 e. The van der Waals surface area contributed by atoms with Crippen LogP contribution in [0.4, 0.5) is 0 Å². The third-order valence-electron chi connectivity index (χ3n) is 4.89. The Balaban J connectivity index is 1.59. The van der Waals surface area contributed by atoms with E-state index in [1.54, 1.807) is 0 Å². The molecular formula is C22H38N4O. The quantitative estimate of drug-likeness (QED) is 0.354. The molecule has 0 aromatic heterocycles. The highest BCUT2D eigenvalue weighted by atomic mass is 16.5. The number of nitrogens with zero attached hydrogens (tertiary/aromatic N) is 2. The van der Waals surface area contributed by atoms with E-state index in [1.807, 2.05) is 6.07 Å². The Morgan fingerprint density at radius 1 is 1.15 bits per heavy atom. The predicted molar refractivity (Wildman–Crippen MR) is 114 cm³/mol. The predicted octanol–water partition coefficient (Wildman–Crippen LogP) is 3.41. The lowest BCUT2D eigenvalue weighted by atomic mass is 10.1. The average Bonchev–Trinajstić information content (AvgIpc) is 2.70. The number of hydrogen-bond acceptors (Lipinski definition) is 3. The number of piperidine rings is 1. The Kier molecular flexibility index (Phi) is 10.9. The monoisotopic (exact) mass is 374 g/mol. The van der Waals surface area contributed by atoms with Crippen LogP contribution in [0.1, 0.15) is 51.5 Å². The van der Waals surface area contributed by atoms with E-state index >= 15 is 0 Å². The first-order valence-electron chi connectivity index (χ1n) is 10.7. The first kappa shape index (κ1) is 21.7. The molecule has 5 heteroatoms. The second-order valence-corrected chi connectivity index (χ2v) is 7.27. The van der Waals surface area contributed by atoms with Crippen molar-refractivity contribution in [2.75, 3.05) is 39.3 Å². The van der Waals surface area contributed by atoms with Crippen LogP contribution >= 0.6 is 0 Å². The molecule has 0 unspecified atom stereocenters. The largest absolute Gasteiger partial charge is 0.377 e. The molecule has 1 aromatic rings. The molecule has 0 bridgehead atoms. The minimum atomic E-state index is 0.546. The van der Waals surface area contributed by atoms with Crippen LogP contribution in [-0.4, -0.2) is 56.2 Å². The Morgan fingerprint density at radius 3 is 2.63 bits per heavy atom.